The Morgan fingerprint density at radius 1 is 1.24 bits per heavy atom. The molecule has 0 heterocycles. The van der Waals surface area contributed by atoms with Gasteiger partial charge in [-0.3, -0.25) is 4.79 Å². The van der Waals surface area contributed by atoms with Crippen molar-refractivity contribution in [1.82, 2.24) is 5.32 Å². The molecular formula is C14H27NO2. The number of rotatable bonds is 6. The molecule has 0 radical (unpaired) electrons. The highest BCUT2D eigenvalue weighted by atomic mass is 16.4. The lowest BCUT2D eigenvalue weighted by molar-refractivity contribution is -0.146. The van der Waals surface area contributed by atoms with Gasteiger partial charge in [-0.25, -0.2) is 0 Å². The Morgan fingerprint density at radius 3 is 2.24 bits per heavy atom. The SMILES string of the molecule is CCC1CCC(CNCC(C)(C)C(=O)O)CC1. The highest BCUT2D eigenvalue weighted by Crippen LogP contribution is 2.30. The standard InChI is InChI=1S/C14H27NO2/c1-4-11-5-7-12(8-6-11)9-15-10-14(2,3)13(16)17/h11-12,15H,4-10H2,1-3H3,(H,16,17). The van der Waals surface area contributed by atoms with Crippen molar-refractivity contribution >= 4 is 5.97 Å². The molecule has 0 aromatic heterocycles. The van der Waals surface area contributed by atoms with Crippen LogP contribution in [0.5, 0.6) is 0 Å². The lowest BCUT2D eigenvalue weighted by atomic mass is 9.81. The van der Waals surface area contributed by atoms with Crippen LogP contribution in [-0.2, 0) is 4.79 Å². The summed E-state index contributed by atoms with van der Waals surface area (Å²) in [5, 5.41) is 12.3. The molecule has 1 aliphatic carbocycles. The smallest absolute Gasteiger partial charge is 0.310 e. The summed E-state index contributed by atoms with van der Waals surface area (Å²) in [5.74, 6) is 0.962. The van der Waals surface area contributed by atoms with Gasteiger partial charge in [-0.15, -0.1) is 0 Å². The fraction of sp³-hybridized carbons (Fsp3) is 0.929. The molecule has 0 spiro atoms. The summed E-state index contributed by atoms with van der Waals surface area (Å²) >= 11 is 0. The maximum atomic E-state index is 10.9. The largest absolute Gasteiger partial charge is 0.481 e. The third kappa shape index (κ3) is 4.66. The van der Waals surface area contributed by atoms with E-state index in [9.17, 15) is 4.79 Å². The first kappa shape index (κ1) is 14.5. The number of carbonyl (C=O) groups is 1. The van der Waals surface area contributed by atoms with Crippen LogP contribution < -0.4 is 5.32 Å². The van der Waals surface area contributed by atoms with E-state index in [1.165, 1.54) is 32.1 Å². The van der Waals surface area contributed by atoms with Gasteiger partial charge >= 0.3 is 5.97 Å². The molecule has 1 fully saturated rings. The summed E-state index contributed by atoms with van der Waals surface area (Å²) in [6, 6.07) is 0. The van der Waals surface area contributed by atoms with E-state index in [1.54, 1.807) is 13.8 Å². The third-order valence-electron chi connectivity index (χ3n) is 4.12. The molecule has 2 N–H and O–H groups in total. The van der Waals surface area contributed by atoms with Crippen molar-refractivity contribution in [2.75, 3.05) is 13.1 Å². The molecule has 0 aromatic rings. The number of carboxylic acids is 1. The fourth-order valence-electron chi connectivity index (χ4n) is 2.51. The Hall–Kier alpha value is -0.570. The minimum atomic E-state index is -0.723. The number of aliphatic carboxylic acids is 1. The van der Waals surface area contributed by atoms with E-state index >= 15 is 0 Å². The molecule has 0 unspecified atom stereocenters. The maximum Gasteiger partial charge on any atom is 0.310 e. The van der Waals surface area contributed by atoms with Gasteiger partial charge in [0, 0.05) is 6.54 Å². The predicted octanol–water partition coefficient (Wildman–Crippen LogP) is 2.90. The monoisotopic (exact) mass is 241 g/mol. The Bertz CT molecular complexity index is 243. The van der Waals surface area contributed by atoms with Gasteiger partial charge in [0.2, 0.25) is 0 Å². The van der Waals surface area contributed by atoms with E-state index in [-0.39, 0.29) is 0 Å². The van der Waals surface area contributed by atoms with Gasteiger partial charge in [0.1, 0.15) is 0 Å². The van der Waals surface area contributed by atoms with E-state index in [4.69, 9.17) is 5.11 Å². The first-order valence-electron chi connectivity index (χ1n) is 6.89. The molecule has 0 saturated heterocycles. The van der Waals surface area contributed by atoms with Crippen molar-refractivity contribution in [1.29, 1.82) is 0 Å². The lowest BCUT2D eigenvalue weighted by Crippen LogP contribution is -2.38. The van der Waals surface area contributed by atoms with Crippen molar-refractivity contribution in [2.45, 2.75) is 52.9 Å². The molecule has 3 heteroatoms. The van der Waals surface area contributed by atoms with Gasteiger partial charge in [0.05, 0.1) is 5.41 Å². The van der Waals surface area contributed by atoms with Crippen LogP contribution in [0.4, 0.5) is 0 Å². The lowest BCUT2D eigenvalue weighted by Gasteiger charge is -2.29. The predicted molar refractivity (Wildman–Crippen MR) is 70.0 cm³/mol. The minimum absolute atomic E-state index is 0.566. The molecule has 0 bridgehead atoms. The fourth-order valence-corrected chi connectivity index (χ4v) is 2.51. The summed E-state index contributed by atoms with van der Waals surface area (Å²) in [4.78, 5) is 10.9. The van der Waals surface area contributed by atoms with Crippen molar-refractivity contribution < 1.29 is 9.90 Å². The summed E-state index contributed by atoms with van der Waals surface area (Å²) in [6.45, 7) is 7.37. The van der Waals surface area contributed by atoms with E-state index < -0.39 is 11.4 Å². The van der Waals surface area contributed by atoms with E-state index in [2.05, 4.69) is 12.2 Å². The zero-order chi connectivity index (χ0) is 12.9. The van der Waals surface area contributed by atoms with Crippen LogP contribution in [0.3, 0.4) is 0 Å². The average Bonchev–Trinajstić information content (AvgIpc) is 2.29. The van der Waals surface area contributed by atoms with E-state index in [0.717, 1.165) is 18.4 Å². The molecule has 1 rings (SSSR count). The molecule has 1 aliphatic rings. The summed E-state index contributed by atoms with van der Waals surface area (Å²) in [6.07, 6.45) is 6.63. The zero-order valence-corrected chi connectivity index (χ0v) is 11.5. The van der Waals surface area contributed by atoms with Crippen molar-refractivity contribution in [2.24, 2.45) is 17.3 Å². The minimum Gasteiger partial charge on any atom is -0.481 e. The normalized spacial score (nSPS) is 25.8. The highest BCUT2D eigenvalue weighted by Gasteiger charge is 2.27. The van der Waals surface area contributed by atoms with Crippen LogP contribution in [0.2, 0.25) is 0 Å². The molecule has 0 aromatic carbocycles. The van der Waals surface area contributed by atoms with Crippen LogP contribution in [-0.4, -0.2) is 24.2 Å². The molecule has 0 aliphatic heterocycles. The quantitative estimate of drug-likeness (QED) is 0.751. The maximum absolute atomic E-state index is 10.9. The van der Waals surface area contributed by atoms with Gasteiger partial charge in [-0.2, -0.15) is 0 Å². The number of carboxylic acid groups (broad SMARTS) is 1. The third-order valence-corrected chi connectivity index (χ3v) is 4.12. The summed E-state index contributed by atoms with van der Waals surface area (Å²) in [5.41, 5.74) is -0.652. The Balaban J connectivity index is 2.18. The number of hydrogen-bond donors (Lipinski definition) is 2. The first-order chi connectivity index (χ1) is 7.95. The molecule has 0 atom stereocenters. The molecule has 1 saturated carbocycles. The second-order valence-corrected chi connectivity index (χ2v) is 6.11. The van der Waals surface area contributed by atoms with Crippen LogP contribution in [0.15, 0.2) is 0 Å². The molecular weight excluding hydrogens is 214 g/mol. The van der Waals surface area contributed by atoms with Crippen molar-refractivity contribution in [3.8, 4) is 0 Å². The number of hydrogen-bond acceptors (Lipinski definition) is 2. The van der Waals surface area contributed by atoms with E-state index in [0.29, 0.717) is 6.54 Å². The topological polar surface area (TPSA) is 49.3 Å². The van der Waals surface area contributed by atoms with Gasteiger partial charge in [-0.1, -0.05) is 26.2 Å². The molecule has 3 nitrogen and oxygen atoms in total. The van der Waals surface area contributed by atoms with Crippen LogP contribution in [0.1, 0.15) is 52.9 Å². The highest BCUT2D eigenvalue weighted by molar-refractivity contribution is 5.73. The molecule has 0 amide bonds. The Morgan fingerprint density at radius 2 is 1.76 bits per heavy atom. The second-order valence-electron chi connectivity index (χ2n) is 6.11. The average molecular weight is 241 g/mol. The molecule has 100 valence electrons. The van der Waals surface area contributed by atoms with Crippen LogP contribution in [0, 0.1) is 17.3 Å². The van der Waals surface area contributed by atoms with Gasteiger partial charge in [0.25, 0.3) is 0 Å². The zero-order valence-electron chi connectivity index (χ0n) is 11.5. The van der Waals surface area contributed by atoms with Crippen LogP contribution in [0.25, 0.3) is 0 Å². The summed E-state index contributed by atoms with van der Waals surface area (Å²) < 4.78 is 0. The summed E-state index contributed by atoms with van der Waals surface area (Å²) in [7, 11) is 0. The van der Waals surface area contributed by atoms with Crippen molar-refractivity contribution in [3.05, 3.63) is 0 Å². The van der Waals surface area contributed by atoms with Crippen LogP contribution >= 0.6 is 0 Å². The van der Waals surface area contributed by atoms with Gasteiger partial charge < -0.3 is 10.4 Å². The second kappa shape index (κ2) is 6.39. The van der Waals surface area contributed by atoms with Crippen molar-refractivity contribution in [3.63, 3.8) is 0 Å². The Labute approximate surface area is 105 Å². The van der Waals surface area contributed by atoms with E-state index in [1.807, 2.05) is 0 Å². The van der Waals surface area contributed by atoms with Gasteiger partial charge in [0.15, 0.2) is 0 Å². The first-order valence-corrected chi connectivity index (χ1v) is 6.89. The van der Waals surface area contributed by atoms with Gasteiger partial charge in [-0.05, 0) is 45.1 Å². The Kier molecular flexibility index (Phi) is 5.44. The number of nitrogens with one attached hydrogen (secondary N) is 1. The molecule has 17 heavy (non-hydrogen) atoms.